The molecule has 3 aromatic rings. The average Bonchev–Trinajstić information content (AvgIpc) is 3.50. The molecule has 208 valence electrons. The second kappa shape index (κ2) is 8.85. The molecule has 1 spiro atoms. The van der Waals surface area contributed by atoms with Crippen molar-refractivity contribution in [1.82, 2.24) is 19.7 Å². The van der Waals surface area contributed by atoms with Gasteiger partial charge in [-0.25, -0.2) is 0 Å². The van der Waals surface area contributed by atoms with Crippen LogP contribution in [0.15, 0.2) is 42.5 Å². The molecule has 7 heteroatoms. The number of nitrogens with one attached hydrogen (secondary N) is 1. The molecule has 2 aliphatic carbocycles. The van der Waals surface area contributed by atoms with E-state index in [1.54, 1.807) is 7.11 Å². The smallest absolute Gasteiger partial charge is 0.270 e. The number of likely N-dealkylation sites (tertiary alicyclic amines) is 1. The summed E-state index contributed by atoms with van der Waals surface area (Å²) in [6, 6.07) is 15.4. The van der Waals surface area contributed by atoms with Crippen LogP contribution in [0.25, 0.3) is 0 Å². The van der Waals surface area contributed by atoms with Crippen molar-refractivity contribution in [3.8, 4) is 11.5 Å². The molecule has 1 unspecified atom stereocenters. The minimum atomic E-state index is -0.106. The summed E-state index contributed by atoms with van der Waals surface area (Å²) in [5.74, 6) is 2.35. The van der Waals surface area contributed by atoms with E-state index in [1.165, 1.54) is 22.3 Å². The summed E-state index contributed by atoms with van der Waals surface area (Å²) in [7, 11) is 4.02. The van der Waals surface area contributed by atoms with Gasteiger partial charge >= 0.3 is 0 Å². The number of benzene rings is 2. The first kappa shape index (κ1) is 24.5. The fourth-order valence-electron chi connectivity index (χ4n) is 8.76. The normalized spacial score (nSPS) is 28.6. The highest BCUT2D eigenvalue weighted by molar-refractivity contribution is 5.94. The van der Waals surface area contributed by atoms with Crippen LogP contribution in [0.5, 0.6) is 11.5 Å². The van der Waals surface area contributed by atoms with E-state index >= 15 is 0 Å². The van der Waals surface area contributed by atoms with Crippen LogP contribution in [0, 0.1) is 12.8 Å². The van der Waals surface area contributed by atoms with E-state index in [-0.39, 0.29) is 17.4 Å². The van der Waals surface area contributed by atoms with Crippen molar-refractivity contribution in [2.75, 3.05) is 46.9 Å². The molecule has 2 fully saturated rings. The van der Waals surface area contributed by atoms with Crippen molar-refractivity contribution in [2.45, 2.75) is 50.3 Å². The highest BCUT2D eigenvalue weighted by Crippen LogP contribution is 2.67. The van der Waals surface area contributed by atoms with Gasteiger partial charge in [-0.1, -0.05) is 36.4 Å². The fourth-order valence-corrected chi connectivity index (χ4v) is 8.76. The SMILES string of the molecule is COc1ccc2c3c1O[C@H]1c4[nH]c(C(=O)N5CCN(Cc6ccccc6)CC5)c(C)c4CC4[C@@H](C2)N(C)CC[C@@]341. The Kier molecular flexibility index (Phi) is 5.42. The number of methoxy groups -OCH3 is 1. The first-order valence-corrected chi connectivity index (χ1v) is 14.8. The quantitative estimate of drug-likeness (QED) is 0.542. The number of likely N-dealkylation sites (N-methyl/N-ethyl adjacent to an activating group) is 1. The van der Waals surface area contributed by atoms with Gasteiger partial charge in [0.1, 0.15) is 11.8 Å². The minimum absolute atomic E-state index is 0.0672. The van der Waals surface area contributed by atoms with Gasteiger partial charge in [-0.3, -0.25) is 9.69 Å². The molecule has 40 heavy (non-hydrogen) atoms. The van der Waals surface area contributed by atoms with E-state index in [2.05, 4.69) is 71.2 Å². The van der Waals surface area contributed by atoms with Crippen molar-refractivity contribution >= 4 is 5.91 Å². The molecule has 5 aliphatic rings. The number of aromatic nitrogens is 1. The molecule has 8 rings (SSSR count). The van der Waals surface area contributed by atoms with Crippen molar-refractivity contribution < 1.29 is 14.3 Å². The van der Waals surface area contributed by atoms with E-state index in [0.717, 1.165) is 87.0 Å². The molecule has 4 heterocycles. The van der Waals surface area contributed by atoms with Gasteiger partial charge in [0.15, 0.2) is 11.5 Å². The third-order valence-corrected chi connectivity index (χ3v) is 10.8. The molecule has 0 radical (unpaired) electrons. The molecule has 2 bridgehead atoms. The first-order chi connectivity index (χ1) is 19.5. The largest absolute Gasteiger partial charge is 0.493 e. The number of amides is 1. The number of nitrogens with zero attached hydrogens (tertiary/aromatic N) is 3. The lowest BCUT2D eigenvalue weighted by Gasteiger charge is -2.57. The second-order valence-corrected chi connectivity index (χ2v) is 12.6. The summed E-state index contributed by atoms with van der Waals surface area (Å²) in [6.45, 7) is 7.42. The molecule has 0 saturated carbocycles. The summed E-state index contributed by atoms with van der Waals surface area (Å²) >= 11 is 0. The predicted octanol–water partition coefficient (Wildman–Crippen LogP) is 4.09. The van der Waals surface area contributed by atoms with E-state index in [9.17, 15) is 4.79 Å². The zero-order chi connectivity index (χ0) is 27.2. The molecular formula is C33H38N4O3. The Labute approximate surface area is 236 Å². The Morgan fingerprint density at radius 3 is 2.65 bits per heavy atom. The predicted molar refractivity (Wildman–Crippen MR) is 153 cm³/mol. The zero-order valence-corrected chi connectivity index (χ0v) is 23.7. The molecule has 3 aliphatic heterocycles. The number of fused-ring (bicyclic) bond motifs is 2. The van der Waals surface area contributed by atoms with Gasteiger partial charge in [0.05, 0.1) is 12.8 Å². The molecule has 1 amide bonds. The van der Waals surface area contributed by atoms with Crippen LogP contribution in [-0.2, 0) is 24.8 Å². The molecule has 7 nitrogen and oxygen atoms in total. The number of carbonyl (C=O) groups is 1. The van der Waals surface area contributed by atoms with Crippen molar-refractivity contribution in [1.29, 1.82) is 0 Å². The van der Waals surface area contributed by atoms with Gasteiger partial charge in [-0.2, -0.15) is 0 Å². The summed E-state index contributed by atoms with van der Waals surface area (Å²) in [4.78, 5) is 24.7. The molecular weight excluding hydrogens is 500 g/mol. The molecule has 1 aromatic heterocycles. The lowest BCUT2D eigenvalue weighted by atomic mass is 9.51. The van der Waals surface area contributed by atoms with Gasteiger partial charge in [-0.05, 0) is 74.0 Å². The van der Waals surface area contributed by atoms with Crippen molar-refractivity contribution in [2.24, 2.45) is 5.92 Å². The van der Waals surface area contributed by atoms with Crippen LogP contribution in [0.4, 0.5) is 0 Å². The fraction of sp³-hybridized carbons (Fsp3) is 0.485. The van der Waals surface area contributed by atoms with Gasteiger partial charge in [0, 0.05) is 49.7 Å². The van der Waals surface area contributed by atoms with E-state index in [1.807, 2.05) is 4.90 Å². The van der Waals surface area contributed by atoms with E-state index in [0.29, 0.717) is 12.0 Å². The number of H-pyrrole nitrogens is 1. The maximum Gasteiger partial charge on any atom is 0.270 e. The van der Waals surface area contributed by atoms with Gasteiger partial charge < -0.3 is 24.3 Å². The van der Waals surface area contributed by atoms with Gasteiger partial charge in [0.25, 0.3) is 5.91 Å². The summed E-state index contributed by atoms with van der Waals surface area (Å²) in [5.41, 5.74) is 8.33. The Morgan fingerprint density at radius 2 is 1.88 bits per heavy atom. The summed E-state index contributed by atoms with van der Waals surface area (Å²) in [5, 5.41) is 0. The highest BCUT2D eigenvalue weighted by Gasteiger charge is 2.65. The van der Waals surface area contributed by atoms with Crippen molar-refractivity contribution in [3.05, 3.63) is 81.7 Å². The third kappa shape index (κ3) is 3.28. The number of hydrogen-bond donors (Lipinski definition) is 1. The topological polar surface area (TPSA) is 61.0 Å². The zero-order valence-electron chi connectivity index (χ0n) is 23.7. The van der Waals surface area contributed by atoms with Crippen LogP contribution in [0.2, 0.25) is 0 Å². The number of rotatable bonds is 4. The standard InChI is InChI=1S/C33H38N4O3/c1-20-23-18-24-25-17-22-9-10-26(39-3)30-27(22)33(24,11-12-35(25)2)31(40-30)29(23)34-28(20)32(38)37-15-13-36(14-16-37)19-21-7-5-4-6-8-21/h4-10,24-25,31,34H,11-19H2,1-3H3/t24?,25-,31+,33+/m1/s1. The van der Waals surface area contributed by atoms with E-state index in [4.69, 9.17) is 9.47 Å². The van der Waals surface area contributed by atoms with Crippen LogP contribution >= 0.6 is 0 Å². The molecule has 2 saturated heterocycles. The maximum atomic E-state index is 14.0. The number of piperidine rings is 1. The molecule has 2 aromatic carbocycles. The van der Waals surface area contributed by atoms with Crippen molar-refractivity contribution in [3.63, 3.8) is 0 Å². The lowest BCUT2D eigenvalue weighted by Crippen LogP contribution is -2.62. The summed E-state index contributed by atoms with van der Waals surface area (Å²) < 4.78 is 12.7. The minimum Gasteiger partial charge on any atom is -0.493 e. The number of ether oxygens (including phenoxy) is 2. The number of aromatic amines is 1. The Bertz CT molecular complexity index is 1490. The molecule has 4 atom stereocenters. The maximum absolute atomic E-state index is 14.0. The number of carbonyl (C=O) groups excluding carboxylic acids is 1. The number of piperazine rings is 1. The van der Waals surface area contributed by atoms with Gasteiger partial charge in [0.2, 0.25) is 0 Å². The van der Waals surface area contributed by atoms with E-state index < -0.39 is 0 Å². The Balaban J connectivity index is 1.11. The van der Waals surface area contributed by atoms with Crippen LogP contribution in [-0.4, -0.2) is 78.5 Å². The van der Waals surface area contributed by atoms with Crippen LogP contribution in [0.3, 0.4) is 0 Å². The highest BCUT2D eigenvalue weighted by atomic mass is 16.5. The van der Waals surface area contributed by atoms with Gasteiger partial charge in [-0.15, -0.1) is 0 Å². The van der Waals surface area contributed by atoms with Crippen LogP contribution < -0.4 is 9.47 Å². The Morgan fingerprint density at radius 1 is 1.07 bits per heavy atom. The first-order valence-electron chi connectivity index (χ1n) is 14.8. The number of hydrogen-bond acceptors (Lipinski definition) is 5. The van der Waals surface area contributed by atoms with Crippen LogP contribution in [0.1, 0.15) is 56.5 Å². The lowest BCUT2D eigenvalue weighted by molar-refractivity contribution is -0.0256. The average molecular weight is 539 g/mol. The second-order valence-electron chi connectivity index (χ2n) is 12.6. The summed E-state index contributed by atoms with van der Waals surface area (Å²) in [6.07, 6.45) is 2.99. The molecule has 1 N–H and O–H groups in total. The monoisotopic (exact) mass is 538 g/mol. The third-order valence-electron chi connectivity index (χ3n) is 10.8. The Hall–Kier alpha value is -3.29.